The number of hydrogen-bond donors (Lipinski definition) is 1. The number of rotatable bonds is 12. The van der Waals surface area contributed by atoms with Gasteiger partial charge in [-0.05, 0) is 53.6 Å². The van der Waals surface area contributed by atoms with Crippen LogP contribution in [0.4, 0.5) is 10.1 Å². The Hall–Kier alpha value is -4.24. The van der Waals surface area contributed by atoms with Crippen molar-refractivity contribution >= 4 is 38.3 Å². The van der Waals surface area contributed by atoms with Crippen molar-refractivity contribution in [2.75, 3.05) is 17.4 Å². The van der Waals surface area contributed by atoms with Gasteiger partial charge in [-0.25, -0.2) is 12.8 Å². The normalized spacial score (nSPS) is 14.1. The zero-order valence-electron chi connectivity index (χ0n) is 23.5. The number of nitrogens with one attached hydrogen (secondary N) is 1. The Balaban J connectivity index is 1.38. The fourth-order valence-electron chi connectivity index (χ4n) is 5.42. The lowest BCUT2D eigenvalue weighted by molar-refractivity contribution is -0.141. The maximum absolute atomic E-state index is 13.9. The molecule has 0 bridgehead atoms. The minimum absolute atomic E-state index is 0.0336. The van der Waals surface area contributed by atoms with Crippen LogP contribution < -0.4 is 9.62 Å². The second-order valence-corrected chi connectivity index (χ2v) is 12.3. The maximum Gasteiger partial charge on any atom is 0.265 e. The van der Waals surface area contributed by atoms with Crippen molar-refractivity contribution in [2.45, 2.75) is 50.1 Å². The van der Waals surface area contributed by atoms with Crippen molar-refractivity contribution in [3.8, 4) is 0 Å². The van der Waals surface area contributed by atoms with E-state index in [0.29, 0.717) is 29.6 Å². The van der Waals surface area contributed by atoms with Crippen LogP contribution in [0.25, 0.3) is 10.8 Å². The fraction of sp³-hybridized carbons (Fsp3) is 0.273. The SMILES string of the molecule is CCCNC(=O)[C@H](Cc1ccccc1)N(Cc1ccc(F)cc1)C(=O)CCCN1c2cccc3cccc(c23)S1(=O)=O. The average molecular weight is 588 g/mol. The number of halogens is 1. The third kappa shape index (κ3) is 6.16. The first kappa shape index (κ1) is 29.3. The summed E-state index contributed by atoms with van der Waals surface area (Å²) in [4.78, 5) is 29.1. The molecule has 1 atom stereocenters. The molecule has 0 unspecified atom stereocenters. The van der Waals surface area contributed by atoms with E-state index >= 15 is 0 Å². The zero-order chi connectivity index (χ0) is 29.7. The number of benzene rings is 4. The Bertz CT molecular complexity index is 1670. The molecule has 0 saturated heterocycles. The molecule has 0 aromatic heterocycles. The van der Waals surface area contributed by atoms with Gasteiger partial charge in [0, 0.05) is 37.9 Å². The number of hydrogen-bond acceptors (Lipinski definition) is 4. The number of amides is 2. The van der Waals surface area contributed by atoms with Gasteiger partial charge in [0.25, 0.3) is 10.0 Å². The van der Waals surface area contributed by atoms with Gasteiger partial charge in [-0.15, -0.1) is 0 Å². The van der Waals surface area contributed by atoms with Crippen molar-refractivity contribution in [2.24, 2.45) is 0 Å². The Morgan fingerprint density at radius 1 is 0.905 bits per heavy atom. The molecule has 9 heteroatoms. The van der Waals surface area contributed by atoms with Gasteiger partial charge in [-0.1, -0.05) is 73.7 Å². The fourth-order valence-corrected chi connectivity index (χ4v) is 7.17. The highest BCUT2D eigenvalue weighted by Crippen LogP contribution is 2.42. The van der Waals surface area contributed by atoms with Gasteiger partial charge in [-0.2, -0.15) is 0 Å². The van der Waals surface area contributed by atoms with E-state index in [9.17, 15) is 22.4 Å². The molecule has 2 amide bonds. The predicted molar refractivity (Wildman–Crippen MR) is 162 cm³/mol. The molecule has 0 saturated carbocycles. The Morgan fingerprint density at radius 3 is 2.33 bits per heavy atom. The van der Waals surface area contributed by atoms with Gasteiger partial charge in [0.1, 0.15) is 11.9 Å². The largest absolute Gasteiger partial charge is 0.354 e. The van der Waals surface area contributed by atoms with Gasteiger partial charge in [-0.3, -0.25) is 13.9 Å². The molecule has 0 fully saturated rings. The van der Waals surface area contributed by atoms with Crippen molar-refractivity contribution in [3.05, 3.63) is 108 Å². The van der Waals surface area contributed by atoms with E-state index in [1.165, 1.54) is 16.4 Å². The lowest BCUT2D eigenvalue weighted by Crippen LogP contribution is -2.50. The maximum atomic E-state index is 13.9. The van der Waals surface area contributed by atoms with Gasteiger partial charge in [0.15, 0.2) is 0 Å². The van der Waals surface area contributed by atoms with E-state index in [-0.39, 0.29) is 48.5 Å². The van der Waals surface area contributed by atoms with Crippen molar-refractivity contribution < 1.29 is 22.4 Å². The smallest absolute Gasteiger partial charge is 0.265 e. The molecule has 0 aliphatic carbocycles. The van der Waals surface area contributed by atoms with Gasteiger partial charge in [0.05, 0.1) is 10.6 Å². The van der Waals surface area contributed by atoms with Crippen LogP contribution >= 0.6 is 0 Å². The summed E-state index contributed by atoms with van der Waals surface area (Å²) in [5, 5.41) is 4.48. The van der Waals surface area contributed by atoms with Gasteiger partial charge < -0.3 is 10.2 Å². The summed E-state index contributed by atoms with van der Waals surface area (Å²) in [5.41, 5.74) is 2.20. The van der Waals surface area contributed by atoms with E-state index in [4.69, 9.17) is 0 Å². The average Bonchev–Trinajstić information content (AvgIpc) is 3.22. The highest BCUT2D eigenvalue weighted by atomic mass is 32.2. The summed E-state index contributed by atoms with van der Waals surface area (Å²) >= 11 is 0. The molecule has 4 aromatic rings. The van der Waals surface area contributed by atoms with Crippen LogP contribution in [0, 0.1) is 5.82 Å². The molecule has 1 N–H and O–H groups in total. The Kier molecular flexibility index (Phi) is 8.87. The summed E-state index contributed by atoms with van der Waals surface area (Å²) in [6.45, 7) is 2.67. The molecule has 1 heterocycles. The summed E-state index contributed by atoms with van der Waals surface area (Å²) in [5.74, 6) is -0.930. The first-order valence-corrected chi connectivity index (χ1v) is 15.6. The van der Waals surface area contributed by atoms with Crippen molar-refractivity contribution in [1.82, 2.24) is 10.2 Å². The molecule has 1 aliphatic heterocycles. The van der Waals surface area contributed by atoms with Crippen LogP contribution in [-0.4, -0.2) is 44.3 Å². The molecular weight excluding hydrogens is 553 g/mol. The highest BCUT2D eigenvalue weighted by molar-refractivity contribution is 7.93. The van der Waals surface area contributed by atoms with Crippen LogP contribution in [0.2, 0.25) is 0 Å². The van der Waals surface area contributed by atoms with Gasteiger partial charge >= 0.3 is 0 Å². The molecule has 4 aromatic carbocycles. The van der Waals surface area contributed by atoms with Crippen LogP contribution in [0.15, 0.2) is 95.9 Å². The lowest BCUT2D eigenvalue weighted by Gasteiger charge is -2.32. The number of anilines is 1. The zero-order valence-corrected chi connectivity index (χ0v) is 24.3. The molecular formula is C33H34FN3O4S. The van der Waals surface area contributed by atoms with E-state index in [2.05, 4.69) is 5.32 Å². The summed E-state index contributed by atoms with van der Waals surface area (Å²) in [7, 11) is -3.74. The molecule has 42 heavy (non-hydrogen) atoms. The van der Waals surface area contributed by atoms with Crippen LogP contribution in [0.1, 0.15) is 37.3 Å². The predicted octanol–water partition coefficient (Wildman–Crippen LogP) is 5.43. The summed E-state index contributed by atoms with van der Waals surface area (Å²) in [6, 6.07) is 25.3. The second kappa shape index (κ2) is 12.7. The summed E-state index contributed by atoms with van der Waals surface area (Å²) < 4.78 is 41.8. The minimum atomic E-state index is -3.74. The first-order chi connectivity index (χ1) is 20.3. The third-order valence-electron chi connectivity index (χ3n) is 7.52. The minimum Gasteiger partial charge on any atom is -0.354 e. The van der Waals surface area contributed by atoms with E-state index < -0.39 is 16.1 Å². The molecule has 0 spiro atoms. The Morgan fingerprint density at radius 2 is 1.62 bits per heavy atom. The lowest BCUT2D eigenvalue weighted by atomic mass is 10.0. The molecule has 5 rings (SSSR count). The van der Waals surface area contributed by atoms with Crippen molar-refractivity contribution in [1.29, 1.82) is 0 Å². The number of carbonyl (C=O) groups is 2. The number of sulfonamides is 1. The van der Waals surface area contributed by atoms with Crippen LogP contribution in [0.5, 0.6) is 0 Å². The highest BCUT2D eigenvalue weighted by Gasteiger charge is 2.36. The first-order valence-electron chi connectivity index (χ1n) is 14.2. The number of nitrogens with zero attached hydrogens (tertiary/aromatic N) is 2. The third-order valence-corrected chi connectivity index (χ3v) is 9.38. The van der Waals surface area contributed by atoms with E-state index in [1.54, 1.807) is 35.2 Å². The quantitative estimate of drug-likeness (QED) is 0.239. The molecule has 1 aliphatic rings. The molecule has 218 valence electrons. The van der Waals surface area contributed by atoms with E-state index in [1.807, 2.05) is 55.5 Å². The van der Waals surface area contributed by atoms with Crippen molar-refractivity contribution in [3.63, 3.8) is 0 Å². The standard InChI is InChI=1S/C33H34FN3O4S/c1-2-20-35-33(39)29(22-24-9-4-3-5-10-24)36(23-25-16-18-27(34)19-17-25)31(38)15-8-21-37-28-13-6-11-26-12-7-14-30(32(26)28)42(37,40)41/h3-7,9-14,16-19,29H,2,8,15,20-23H2,1H3,(H,35,39)/t29-/m0/s1. The molecule has 7 nitrogen and oxygen atoms in total. The summed E-state index contributed by atoms with van der Waals surface area (Å²) in [6.07, 6.45) is 1.35. The second-order valence-electron chi connectivity index (χ2n) is 10.5. The Labute approximate surface area is 246 Å². The topological polar surface area (TPSA) is 86.8 Å². The van der Waals surface area contributed by atoms with Crippen LogP contribution in [-0.2, 0) is 32.6 Å². The van der Waals surface area contributed by atoms with E-state index in [0.717, 1.165) is 17.4 Å². The monoisotopic (exact) mass is 587 g/mol. The molecule has 0 radical (unpaired) electrons. The van der Waals surface area contributed by atoms with Gasteiger partial charge in [0.2, 0.25) is 11.8 Å². The van der Waals surface area contributed by atoms with Crippen LogP contribution in [0.3, 0.4) is 0 Å². The number of carbonyl (C=O) groups excluding carboxylic acids is 2.